The molecule has 76 valence electrons. The van der Waals surface area contributed by atoms with Crippen molar-refractivity contribution >= 4 is 18.6 Å². The third kappa shape index (κ3) is 2.49. The summed E-state index contributed by atoms with van der Waals surface area (Å²) in [5.41, 5.74) is 3.65. The second-order valence-electron chi connectivity index (χ2n) is 3.41. The Hall–Kier alpha value is -1.00. The number of carboxylic acids is 1. The van der Waals surface area contributed by atoms with Crippen molar-refractivity contribution in [3.63, 3.8) is 0 Å². The molecule has 0 aromatic heterocycles. The highest BCUT2D eigenvalue weighted by molar-refractivity contribution is 7.80. The number of thiol groups is 1. The molecule has 1 aromatic carbocycles. The van der Waals surface area contributed by atoms with E-state index in [1.54, 1.807) is 0 Å². The molecule has 0 aliphatic rings. The summed E-state index contributed by atoms with van der Waals surface area (Å²) in [7, 11) is 0. The molecule has 1 atom stereocenters. The van der Waals surface area contributed by atoms with Gasteiger partial charge in [0.2, 0.25) is 5.54 Å². The summed E-state index contributed by atoms with van der Waals surface area (Å²) in [4.78, 5) is 10.9. The molecule has 0 heterocycles. The third-order valence-corrected chi connectivity index (χ3v) is 2.75. The summed E-state index contributed by atoms with van der Waals surface area (Å²) in [5, 5.41) is 8.98. The predicted molar refractivity (Wildman–Crippen MR) is 57.3 cm³/mol. The minimum absolute atomic E-state index is 0.233. The second kappa shape index (κ2) is 4.48. The number of carboxylic acid groups (broad SMARTS) is 1. The first-order chi connectivity index (χ1) is 6.58. The summed E-state index contributed by atoms with van der Waals surface area (Å²) >= 11 is 4.03. The van der Waals surface area contributed by atoms with Crippen LogP contribution in [-0.4, -0.2) is 22.4 Å². The number of aliphatic carboxylic acids is 1. The van der Waals surface area contributed by atoms with Gasteiger partial charge in [0.05, 0.1) is 5.75 Å². The second-order valence-corrected chi connectivity index (χ2v) is 3.72. The van der Waals surface area contributed by atoms with Gasteiger partial charge < -0.3 is 10.8 Å². The molecule has 0 spiro atoms. The average molecular weight is 212 g/mol. The molecule has 4 heteroatoms. The van der Waals surface area contributed by atoms with E-state index in [1.165, 1.54) is 0 Å². The summed E-state index contributed by atoms with van der Waals surface area (Å²) in [5.74, 6) is -0.673. The number of hydrogen-bond acceptors (Lipinski definition) is 2. The van der Waals surface area contributed by atoms with Gasteiger partial charge in [0.1, 0.15) is 0 Å². The first kappa shape index (κ1) is 11.1. The zero-order valence-corrected chi connectivity index (χ0v) is 8.71. The van der Waals surface area contributed by atoms with E-state index in [2.05, 4.69) is 18.4 Å². The Bertz CT molecular complexity index is 315. The van der Waals surface area contributed by atoms with Crippen molar-refractivity contribution in [1.29, 1.82) is 0 Å². The van der Waals surface area contributed by atoms with E-state index in [1.807, 2.05) is 30.3 Å². The van der Waals surface area contributed by atoms with E-state index in [-0.39, 0.29) is 5.75 Å². The number of quaternary nitrogens is 1. The van der Waals surface area contributed by atoms with E-state index in [0.29, 0.717) is 6.42 Å². The van der Waals surface area contributed by atoms with Crippen molar-refractivity contribution in [2.45, 2.75) is 12.0 Å². The minimum Gasteiger partial charge on any atom is -0.477 e. The Balaban J connectivity index is 2.81. The summed E-state index contributed by atoms with van der Waals surface area (Å²) in [6.45, 7) is 0. The molecule has 0 aliphatic carbocycles. The smallest absolute Gasteiger partial charge is 0.366 e. The maximum absolute atomic E-state index is 10.9. The molecule has 0 amide bonds. The molecular weight excluding hydrogens is 198 g/mol. The maximum atomic E-state index is 10.9. The molecule has 1 unspecified atom stereocenters. The van der Waals surface area contributed by atoms with E-state index in [9.17, 15) is 4.79 Å². The Morgan fingerprint density at radius 3 is 2.43 bits per heavy atom. The Kier molecular flexibility index (Phi) is 3.55. The maximum Gasteiger partial charge on any atom is 0.366 e. The van der Waals surface area contributed by atoms with Crippen molar-refractivity contribution in [3.8, 4) is 0 Å². The lowest BCUT2D eigenvalue weighted by molar-refractivity contribution is -0.453. The fourth-order valence-corrected chi connectivity index (χ4v) is 1.43. The van der Waals surface area contributed by atoms with Gasteiger partial charge in [-0.05, 0) is 5.56 Å². The summed E-state index contributed by atoms with van der Waals surface area (Å²) in [6.07, 6.45) is 0.409. The van der Waals surface area contributed by atoms with Crippen molar-refractivity contribution in [2.75, 3.05) is 5.75 Å². The highest BCUT2D eigenvalue weighted by Crippen LogP contribution is 2.11. The molecular formula is C10H14NO2S+. The van der Waals surface area contributed by atoms with Gasteiger partial charge in [0, 0.05) is 6.42 Å². The van der Waals surface area contributed by atoms with Gasteiger partial charge in [-0.25, -0.2) is 4.79 Å². The predicted octanol–water partition coefficient (Wildman–Crippen LogP) is 0.224. The van der Waals surface area contributed by atoms with Crippen molar-refractivity contribution < 1.29 is 15.6 Å². The largest absolute Gasteiger partial charge is 0.477 e. The van der Waals surface area contributed by atoms with Crippen LogP contribution < -0.4 is 5.73 Å². The molecule has 0 fully saturated rings. The SMILES string of the molecule is [NH3+]C(CS)(Cc1ccccc1)C(=O)O. The molecule has 0 aliphatic heterocycles. The molecule has 0 saturated heterocycles. The average Bonchev–Trinajstić information content (AvgIpc) is 2.19. The van der Waals surface area contributed by atoms with Gasteiger partial charge in [-0.3, -0.25) is 0 Å². The van der Waals surface area contributed by atoms with Crippen LogP contribution in [0.15, 0.2) is 30.3 Å². The van der Waals surface area contributed by atoms with Crippen molar-refractivity contribution in [1.82, 2.24) is 0 Å². The Labute approximate surface area is 88.3 Å². The van der Waals surface area contributed by atoms with Gasteiger partial charge in [0.25, 0.3) is 0 Å². The summed E-state index contributed by atoms with van der Waals surface area (Å²) < 4.78 is 0. The van der Waals surface area contributed by atoms with E-state index in [4.69, 9.17) is 5.11 Å². The van der Waals surface area contributed by atoms with Crippen LogP contribution in [0.25, 0.3) is 0 Å². The highest BCUT2D eigenvalue weighted by Gasteiger charge is 2.37. The van der Waals surface area contributed by atoms with E-state index in [0.717, 1.165) is 5.56 Å². The molecule has 4 N–H and O–H groups in total. The van der Waals surface area contributed by atoms with Crippen LogP contribution in [0.3, 0.4) is 0 Å². The van der Waals surface area contributed by atoms with Crippen molar-refractivity contribution in [3.05, 3.63) is 35.9 Å². The lowest BCUT2D eigenvalue weighted by Crippen LogP contribution is -2.79. The molecule has 14 heavy (non-hydrogen) atoms. The molecule has 0 saturated carbocycles. The highest BCUT2D eigenvalue weighted by atomic mass is 32.1. The third-order valence-electron chi connectivity index (χ3n) is 2.14. The Morgan fingerprint density at radius 2 is 2.00 bits per heavy atom. The zero-order chi connectivity index (χ0) is 10.6. The number of rotatable bonds is 4. The Morgan fingerprint density at radius 1 is 1.43 bits per heavy atom. The first-order valence-electron chi connectivity index (χ1n) is 4.32. The topological polar surface area (TPSA) is 64.9 Å². The van der Waals surface area contributed by atoms with Gasteiger partial charge in [-0.2, -0.15) is 12.6 Å². The number of benzene rings is 1. The lowest BCUT2D eigenvalue weighted by atomic mass is 9.94. The monoisotopic (exact) mass is 212 g/mol. The van der Waals surface area contributed by atoms with Gasteiger partial charge >= 0.3 is 5.97 Å². The fraction of sp³-hybridized carbons (Fsp3) is 0.300. The normalized spacial score (nSPS) is 14.7. The quantitative estimate of drug-likeness (QED) is 0.625. The van der Waals surface area contributed by atoms with Gasteiger partial charge in [0.15, 0.2) is 0 Å². The van der Waals surface area contributed by atoms with Crippen LogP contribution in [0.5, 0.6) is 0 Å². The molecule has 3 nitrogen and oxygen atoms in total. The van der Waals surface area contributed by atoms with Crippen LogP contribution in [-0.2, 0) is 11.2 Å². The lowest BCUT2D eigenvalue weighted by Gasteiger charge is -2.18. The van der Waals surface area contributed by atoms with Crippen LogP contribution in [0, 0.1) is 0 Å². The zero-order valence-electron chi connectivity index (χ0n) is 7.81. The van der Waals surface area contributed by atoms with Crippen LogP contribution in [0.4, 0.5) is 0 Å². The summed E-state index contributed by atoms with van der Waals surface area (Å²) in [6, 6.07) is 9.46. The molecule has 0 radical (unpaired) electrons. The van der Waals surface area contributed by atoms with Crippen LogP contribution in [0.1, 0.15) is 5.56 Å². The van der Waals surface area contributed by atoms with Gasteiger partial charge in [-0.1, -0.05) is 30.3 Å². The standard InChI is InChI=1S/C10H13NO2S/c11-10(7-14,9(12)13)6-8-4-2-1-3-5-8/h1-5,14H,6-7,11H2,(H,12,13)/p+1. The van der Waals surface area contributed by atoms with Gasteiger partial charge in [-0.15, -0.1) is 0 Å². The van der Waals surface area contributed by atoms with Crippen LogP contribution >= 0.6 is 12.6 Å². The van der Waals surface area contributed by atoms with E-state index < -0.39 is 11.5 Å². The first-order valence-corrected chi connectivity index (χ1v) is 4.95. The number of hydrogen-bond donors (Lipinski definition) is 3. The van der Waals surface area contributed by atoms with Crippen molar-refractivity contribution in [2.24, 2.45) is 0 Å². The minimum atomic E-state index is -1.02. The molecule has 1 rings (SSSR count). The fourth-order valence-electron chi connectivity index (χ4n) is 1.19. The molecule has 1 aromatic rings. The van der Waals surface area contributed by atoms with Crippen LogP contribution in [0.2, 0.25) is 0 Å². The van der Waals surface area contributed by atoms with E-state index >= 15 is 0 Å². The number of carbonyl (C=O) groups is 1. The molecule has 0 bridgehead atoms.